The van der Waals surface area contributed by atoms with Crippen LogP contribution in [0.3, 0.4) is 0 Å². The lowest BCUT2D eigenvalue weighted by Crippen LogP contribution is -2.40. The number of nitro benzene ring substituents is 1. The Balaban J connectivity index is 1.93. The summed E-state index contributed by atoms with van der Waals surface area (Å²) in [6, 6.07) is 9.87. The Kier molecular flexibility index (Phi) is 5.42. The van der Waals surface area contributed by atoms with Crippen LogP contribution >= 0.6 is 11.6 Å². The third kappa shape index (κ3) is 3.96. The van der Waals surface area contributed by atoms with Gasteiger partial charge in [-0.2, -0.15) is 4.31 Å². The van der Waals surface area contributed by atoms with E-state index in [0.29, 0.717) is 24.0 Å². The van der Waals surface area contributed by atoms with Crippen LogP contribution in [0.4, 0.5) is 5.69 Å². The third-order valence-corrected chi connectivity index (χ3v) is 5.92. The number of nitrogens with zero attached hydrogens (tertiary/aromatic N) is 2. The van der Waals surface area contributed by atoms with E-state index >= 15 is 0 Å². The highest BCUT2D eigenvalue weighted by Crippen LogP contribution is 2.34. The van der Waals surface area contributed by atoms with Crippen molar-refractivity contribution in [2.24, 2.45) is 0 Å². The average Bonchev–Trinajstić information content (AvgIpc) is 2.64. The zero-order chi connectivity index (χ0) is 18.7. The molecule has 26 heavy (non-hydrogen) atoms. The van der Waals surface area contributed by atoms with Gasteiger partial charge in [-0.15, -0.1) is 0 Å². The predicted octanol–water partition coefficient (Wildman–Crippen LogP) is 3.06. The molecule has 1 fully saturated rings. The first-order chi connectivity index (χ1) is 12.4. The molecule has 0 spiro atoms. The lowest BCUT2D eigenvalue weighted by molar-refractivity contribution is -0.385. The lowest BCUT2D eigenvalue weighted by Gasteiger charge is -2.26. The highest BCUT2D eigenvalue weighted by atomic mass is 35.5. The maximum atomic E-state index is 12.7. The van der Waals surface area contributed by atoms with E-state index in [1.165, 1.54) is 16.4 Å². The van der Waals surface area contributed by atoms with Crippen molar-refractivity contribution in [1.29, 1.82) is 0 Å². The van der Waals surface area contributed by atoms with Crippen LogP contribution in [0.25, 0.3) is 0 Å². The van der Waals surface area contributed by atoms with Crippen molar-refractivity contribution in [3.05, 3.63) is 57.6 Å². The summed E-state index contributed by atoms with van der Waals surface area (Å²) in [5, 5.41) is 11.9. The normalized spacial score (nSPS) is 15.6. The molecule has 1 aliphatic heterocycles. The maximum absolute atomic E-state index is 12.7. The number of rotatable bonds is 5. The first kappa shape index (κ1) is 18.6. The topological polar surface area (TPSA) is 99.0 Å². The van der Waals surface area contributed by atoms with Crippen molar-refractivity contribution >= 4 is 27.3 Å². The van der Waals surface area contributed by atoms with Crippen molar-refractivity contribution in [3.8, 4) is 11.5 Å². The summed E-state index contributed by atoms with van der Waals surface area (Å²) >= 11 is 5.80. The summed E-state index contributed by atoms with van der Waals surface area (Å²) in [6.07, 6.45) is 0. The van der Waals surface area contributed by atoms with Gasteiger partial charge in [0.05, 0.1) is 23.0 Å². The van der Waals surface area contributed by atoms with Gasteiger partial charge in [0, 0.05) is 24.2 Å². The number of halogens is 1. The molecule has 2 aromatic carbocycles. The summed E-state index contributed by atoms with van der Waals surface area (Å²) < 4.78 is 37.2. The molecule has 0 radical (unpaired) electrons. The van der Waals surface area contributed by atoms with Gasteiger partial charge in [0.1, 0.15) is 5.75 Å². The van der Waals surface area contributed by atoms with E-state index in [1.807, 2.05) is 0 Å². The minimum absolute atomic E-state index is 0.0572. The summed E-state index contributed by atoms with van der Waals surface area (Å²) in [5.74, 6) is 0.291. The van der Waals surface area contributed by atoms with E-state index in [4.69, 9.17) is 21.1 Å². The number of morpholine rings is 1. The molecular weight excluding hydrogens is 384 g/mol. The Hall–Kier alpha value is -2.20. The second kappa shape index (κ2) is 7.58. The van der Waals surface area contributed by atoms with Crippen LogP contribution in [0.5, 0.6) is 11.5 Å². The SMILES string of the molecule is O=[N+]([O-])c1cc(S(=O)(=O)N2CCOCC2)ccc1Oc1ccc(Cl)cc1. The molecule has 0 bridgehead atoms. The summed E-state index contributed by atoms with van der Waals surface area (Å²) in [7, 11) is -3.84. The van der Waals surface area contributed by atoms with E-state index in [1.54, 1.807) is 24.3 Å². The van der Waals surface area contributed by atoms with E-state index in [9.17, 15) is 18.5 Å². The molecule has 0 N–H and O–H groups in total. The van der Waals surface area contributed by atoms with Crippen molar-refractivity contribution in [1.82, 2.24) is 4.31 Å². The molecule has 1 heterocycles. The van der Waals surface area contributed by atoms with E-state index in [2.05, 4.69) is 0 Å². The monoisotopic (exact) mass is 398 g/mol. The van der Waals surface area contributed by atoms with E-state index in [-0.39, 0.29) is 23.7 Å². The standard InChI is InChI=1S/C16H15ClN2O6S/c17-12-1-3-13(4-2-12)25-16-6-5-14(11-15(16)19(20)21)26(22,23)18-7-9-24-10-8-18/h1-6,11H,7-10H2. The van der Waals surface area contributed by atoms with Crippen molar-refractivity contribution in [2.45, 2.75) is 4.90 Å². The van der Waals surface area contributed by atoms with Gasteiger partial charge in [-0.1, -0.05) is 11.6 Å². The molecule has 1 aliphatic rings. The largest absolute Gasteiger partial charge is 0.450 e. The molecule has 2 aromatic rings. The molecule has 8 nitrogen and oxygen atoms in total. The van der Waals surface area contributed by atoms with Gasteiger partial charge in [-0.3, -0.25) is 10.1 Å². The van der Waals surface area contributed by atoms with Crippen LogP contribution in [0.2, 0.25) is 5.02 Å². The first-order valence-electron chi connectivity index (χ1n) is 7.68. The van der Waals surface area contributed by atoms with Crippen LogP contribution < -0.4 is 4.74 Å². The van der Waals surface area contributed by atoms with Gasteiger partial charge in [0.25, 0.3) is 0 Å². The number of sulfonamides is 1. The number of nitro groups is 1. The molecule has 0 unspecified atom stereocenters. The average molecular weight is 399 g/mol. The number of benzene rings is 2. The molecule has 138 valence electrons. The van der Waals surface area contributed by atoms with Crippen LogP contribution in [0.1, 0.15) is 0 Å². The molecule has 0 atom stereocenters. The molecule has 0 amide bonds. The lowest BCUT2D eigenvalue weighted by atomic mass is 10.3. The molecule has 0 saturated carbocycles. The Labute approximate surface area is 155 Å². The van der Waals surface area contributed by atoms with Crippen LogP contribution in [0, 0.1) is 10.1 Å². The fourth-order valence-electron chi connectivity index (χ4n) is 2.45. The van der Waals surface area contributed by atoms with Crippen molar-refractivity contribution < 1.29 is 22.8 Å². The number of hydrogen-bond acceptors (Lipinski definition) is 6. The molecule has 1 saturated heterocycles. The second-order valence-corrected chi connectivity index (χ2v) is 7.83. The molecule has 0 aliphatic carbocycles. The molecule has 0 aromatic heterocycles. The smallest absolute Gasteiger partial charge is 0.312 e. The zero-order valence-electron chi connectivity index (χ0n) is 13.5. The number of ether oxygens (including phenoxy) is 2. The summed E-state index contributed by atoms with van der Waals surface area (Å²) in [4.78, 5) is 10.6. The third-order valence-electron chi connectivity index (χ3n) is 3.78. The summed E-state index contributed by atoms with van der Waals surface area (Å²) in [6.45, 7) is 0.997. The quantitative estimate of drug-likeness (QED) is 0.567. The van der Waals surface area contributed by atoms with Gasteiger partial charge in [0.15, 0.2) is 0 Å². The van der Waals surface area contributed by atoms with Gasteiger partial charge in [-0.25, -0.2) is 8.42 Å². The van der Waals surface area contributed by atoms with Crippen LogP contribution in [-0.4, -0.2) is 43.9 Å². The van der Waals surface area contributed by atoms with Gasteiger partial charge in [-0.05, 0) is 36.4 Å². The van der Waals surface area contributed by atoms with Gasteiger partial charge < -0.3 is 9.47 Å². The Morgan fingerprint density at radius 2 is 1.77 bits per heavy atom. The van der Waals surface area contributed by atoms with Crippen molar-refractivity contribution in [3.63, 3.8) is 0 Å². The number of hydrogen-bond donors (Lipinski definition) is 0. The molecule has 10 heteroatoms. The zero-order valence-corrected chi connectivity index (χ0v) is 15.1. The Bertz CT molecular complexity index is 911. The molecule has 3 rings (SSSR count). The van der Waals surface area contributed by atoms with Crippen LogP contribution in [-0.2, 0) is 14.8 Å². The first-order valence-corrected chi connectivity index (χ1v) is 9.49. The summed E-state index contributed by atoms with van der Waals surface area (Å²) in [5.41, 5.74) is -0.436. The van der Waals surface area contributed by atoms with E-state index in [0.717, 1.165) is 6.07 Å². The molecular formula is C16H15ClN2O6S. The second-order valence-electron chi connectivity index (χ2n) is 5.46. The maximum Gasteiger partial charge on any atom is 0.312 e. The predicted molar refractivity (Wildman–Crippen MR) is 94.2 cm³/mol. The minimum Gasteiger partial charge on any atom is -0.450 e. The van der Waals surface area contributed by atoms with Crippen molar-refractivity contribution in [2.75, 3.05) is 26.3 Å². The van der Waals surface area contributed by atoms with Gasteiger partial charge >= 0.3 is 5.69 Å². The highest BCUT2D eigenvalue weighted by Gasteiger charge is 2.29. The van der Waals surface area contributed by atoms with Crippen LogP contribution in [0.15, 0.2) is 47.4 Å². The Morgan fingerprint density at radius 3 is 2.38 bits per heavy atom. The fraction of sp³-hybridized carbons (Fsp3) is 0.250. The fourth-order valence-corrected chi connectivity index (χ4v) is 4.01. The van der Waals surface area contributed by atoms with E-state index < -0.39 is 20.6 Å². The van der Waals surface area contributed by atoms with Gasteiger partial charge in [0.2, 0.25) is 15.8 Å². The highest BCUT2D eigenvalue weighted by molar-refractivity contribution is 7.89. The minimum atomic E-state index is -3.84. The Morgan fingerprint density at radius 1 is 1.12 bits per heavy atom.